The van der Waals surface area contributed by atoms with Crippen molar-refractivity contribution in [2.24, 2.45) is 0 Å². The van der Waals surface area contributed by atoms with Crippen LogP contribution in [0.25, 0.3) is 0 Å². The number of hydrogen-bond donors (Lipinski definition) is 1. The minimum Gasteiger partial charge on any atom is -0.342 e. The van der Waals surface area contributed by atoms with Gasteiger partial charge in [-0.1, -0.05) is 12.1 Å². The van der Waals surface area contributed by atoms with Crippen LogP contribution in [0.4, 0.5) is 0 Å². The molecule has 1 saturated heterocycles. The number of nitrogens with zero attached hydrogens (tertiary/aromatic N) is 4. The van der Waals surface area contributed by atoms with Gasteiger partial charge in [-0.15, -0.1) is 0 Å². The second-order valence-electron chi connectivity index (χ2n) is 5.75. The number of H-pyrrole nitrogens is 1. The Hall–Kier alpha value is -2.18. The van der Waals surface area contributed by atoms with Crippen LogP contribution < -0.4 is 0 Å². The molecule has 1 fully saturated rings. The van der Waals surface area contributed by atoms with E-state index < -0.39 is 0 Å². The van der Waals surface area contributed by atoms with Crippen molar-refractivity contribution in [2.75, 3.05) is 13.1 Å². The predicted molar refractivity (Wildman–Crippen MR) is 79.3 cm³/mol. The molecule has 1 atom stereocenters. The lowest BCUT2D eigenvalue weighted by Crippen LogP contribution is -2.28. The molecule has 2 aromatic rings. The third-order valence-corrected chi connectivity index (χ3v) is 4.20. The molecule has 1 aliphatic heterocycles. The van der Waals surface area contributed by atoms with Gasteiger partial charge in [-0.2, -0.15) is 10.1 Å². The Bertz CT molecular complexity index is 648. The van der Waals surface area contributed by atoms with Gasteiger partial charge in [0.25, 0.3) is 0 Å². The van der Waals surface area contributed by atoms with E-state index in [9.17, 15) is 4.79 Å². The van der Waals surface area contributed by atoms with Crippen LogP contribution in [0, 0.1) is 6.92 Å². The number of aryl methyl sites for hydroxylation is 3. The van der Waals surface area contributed by atoms with Crippen molar-refractivity contribution < 1.29 is 9.32 Å². The lowest BCUT2D eigenvalue weighted by atomic mass is 10.0. The predicted octanol–water partition coefficient (Wildman–Crippen LogP) is 1.61. The van der Waals surface area contributed by atoms with Gasteiger partial charge in [0.2, 0.25) is 11.8 Å². The zero-order valence-corrected chi connectivity index (χ0v) is 13.0. The fourth-order valence-electron chi connectivity index (χ4n) is 2.90. The summed E-state index contributed by atoms with van der Waals surface area (Å²) >= 11 is 0. The smallest absolute Gasteiger partial charge is 0.227 e. The number of carbonyl (C=O) groups excluding carboxylic acids is 1. The fraction of sp³-hybridized carbons (Fsp3) is 0.600. The first-order valence-electron chi connectivity index (χ1n) is 7.76. The molecule has 1 N–H and O–H groups in total. The van der Waals surface area contributed by atoms with E-state index in [1.807, 2.05) is 24.9 Å². The zero-order chi connectivity index (χ0) is 15.5. The van der Waals surface area contributed by atoms with Gasteiger partial charge >= 0.3 is 0 Å². The highest BCUT2D eigenvalue weighted by Gasteiger charge is 2.29. The SMILES string of the molecule is CCc1noc(CCC(=O)N2CC[C@@H](c3[nH]ncc3C)C2)n1. The van der Waals surface area contributed by atoms with Crippen molar-refractivity contribution in [3.8, 4) is 0 Å². The highest BCUT2D eigenvalue weighted by Crippen LogP contribution is 2.28. The summed E-state index contributed by atoms with van der Waals surface area (Å²) in [4.78, 5) is 18.5. The van der Waals surface area contributed by atoms with Crippen LogP contribution in [-0.2, 0) is 17.6 Å². The lowest BCUT2D eigenvalue weighted by Gasteiger charge is -2.16. The second-order valence-corrected chi connectivity index (χ2v) is 5.75. The van der Waals surface area contributed by atoms with E-state index in [4.69, 9.17) is 4.52 Å². The van der Waals surface area contributed by atoms with Crippen LogP contribution in [0.1, 0.15) is 48.7 Å². The molecule has 7 heteroatoms. The maximum Gasteiger partial charge on any atom is 0.227 e. The van der Waals surface area contributed by atoms with Crippen LogP contribution in [0.15, 0.2) is 10.7 Å². The molecule has 7 nitrogen and oxygen atoms in total. The van der Waals surface area contributed by atoms with Crippen molar-refractivity contribution in [1.29, 1.82) is 0 Å². The Labute approximate surface area is 129 Å². The molecule has 0 spiro atoms. The van der Waals surface area contributed by atoms with Gasteiger partial charge in [-0.05, 0) is 18.9 Å². The van der Waals surface area contributed by atoms with Gasteiger partial charge in [0.15, 0.2) is 5.82 Å². The van der Waals surface area contributed by atoms with E-state index in [1.165, 1.54) is 0 Å². The summed E-state index contributed by atoms with van der Waals surface area (Å²) in [6, 6.07) is 0. The summed E-state index contributed by atoms with van der Waals surface area (Å²) in [5.41, 5.74) is 2.32. The van der Waals surface area contributed by atoms with E-state index in [2.05, 4.69) is 20.3 Å². The molecule has 0 unspecified atom stereocenters. The van der Waals surface area contributed by atoms with Crippen LogP contribution in [0.5, 0.6) is 0 Å². The molecule has 1 aliphatic rings. The maximum atomic E-state index is 12.3. The highest BCUT2D eigenvalue weighted by molar-refractivity contribution is 5.76. The average Bonchev–Trinajstić information content (AvgIpc) is 3.24. The topological polar surface area (TPSA) is 87.9 Å². The number of nitrogens with one attached hydrogen (secondary N) is 1. The molecule has 118 valence electrons. The number of aromatic nitrogens is 4. The van der Waals surface area contributed by atoms with E-state index in [0.717, 1.165) is 37.2 Å². The molecule has 3 rings (SSSR count). The minimum absolute atomic E-state index is 0.149. The van der Waals surface area contributed by atoms with Crippen LogP contribution in [0.3, 0.4) is 0 Å². The average molecular weight is 303 g/mol. The third kappa shape index (κ3) is 3.03. The number of aromatic amines is 1. The number of amides is 1. The molecule has 3 heterocycles. The molecule has 0 aliphatic carbocycles. The Morgan fingerprint density at radius 3 is 3.09 bits per heavy atom. The van der Waals surface area contributed by atoms with E-state index >= 15 is 0 Å². The number of carbonyl (C=O) groups is 1. The van der Waals surface area contributed by atoms with Gasteiger partial charge in [0.1, 0.15) is 0 Å². The van der Waals surface area contributed by atoms with Crippen molar-refractivity contribution in [3.05, 3.63) is 29.2 Å². The second kappa shape index (κ2) is 6.29. The van der Waals surface area contributed by atoms with E-state index in [1.54, 1.807) is 0 Å². The third-order valence-electron chi connectivity index (χ3n) is 4.20. The Balaban J connectivity index is 1.52. The minimum atomic E-state index is 0.149. The molecular weight excluding hydrogens is 282 g/mol. The molecule has 2 aromatic heterocycles. The molecule has 0 aromatic carbocycles. The lowest BCUT2D eigenvalue weighted by molar-refractivity contribution is -0.130. The molecule has 0 radical (unpaired) electrons. The summed E-state index contributed by atoms with van der Waals surface area (Å²) in [5.74, 6) is 1.75. The molecule has 0 bridgehead atoms. The molecule has 0 saturated carbocycles. The number of rotatable bonds is 5. The quantitative estimate of drug-likeness (QED) is 0.906. The monoisotopic (exact) mass is 303 g/mol. The summed E-state index contributed by atoms with van der Waals surface area (Å²) in [6.07, 6.45) is 4.49. The van der Waals surface area contributed by atoms with Crippen LogP contribution in [-0.4, -0.2) is 44.2 Å². The van der Waals surface area contributed by atoms with Crippen molar-refractivity contribution in [3.63, 3.8) is 0 Å². The van der Waals surface area contributed by atoms with E-state index in [0.29, 0.717) is 30.5 Å². The molecular formula is C15H21N5O2. The van der Waals surface area contributed by atoms with Gasteiger partial charge in [-0.25, -0.2) is 0 Å². The Morgan fingerprint density at radius 1 is 1.55 bits per heavy atom. The first-order valence-corrected chi connectivity index (χ1v) is 7.76. The molecule has 1 amide bonds. The largest absolute Gasteiger partial charge is 0.342 e. The normalized spacial score (nSPS) is 18.1. The summed E-state index contributed by atoms with van der Waals surface area (Å²) in [7, 11) is 0. The zero-order valence-electron chi connectivity index (χ0n) is 13.0. The summed E-state index contributed by atoms with van der Waals surface area (Å²) < 4.78 is 5.12. The van der Waals surface area contributed by atoms with Crippen molar-refractivity contribution in [2.45, 2.75) is 45.4 Å². The van der Waals surface area contributed by atoms with Gasteiger partial charge < -0.3 is 9.42 Å². The maximum absolute atomic E-state index is 12.3. The van der Waals surface area contributed by atoms with Gasteiger partial charge in [0, 0.05) is 44.0 Å². The van der Waals surface area contributed by atoms with Gasteiger partial charge in [-0.3, -0.25) is 9.89 Å². The van der Waals surface area contributed by atoms with Crippen molar-refractivity contribution >= 4 is 5.91 Å². The highest BCUT2D eigenvalue weighted by atomic mass is 16.5. The van der Waals surface area contributed by atoms with Crippen LogP contribution >= 0.6 is 0 Å². The number of hydrogen-bond acceptors (Lipinski definition) is 5. The Morgan fingerprint density at radius 2 is 2.41 bits per heavy atom. The van der Waals surface area contributed by atoms with Gasteiger partial charge in [0.05, 0.1) is 6.20 Å². The number of likely N-dealkylation sites (tertiary alicyclic amines) is 1. The first kappa shape index (κ1) is 14.7. The van der Waals surface area contributed by atoms with Crippen molar-refractivity contribution in [1.82, 2.24) is 25.2 Å². The molecule has 22 heavy (non-hydrogen) atoms. The standard InChI is InChI=1S/C15H21N5O2/c1-3-12-17-13(22-19-12)4-5-14(21)20-7-6-11(9-20)15-10(2)8-16-18-15/h8,11H,3-7,9H2,1-2H3,(H,16,18)/t11-/m1/s1. The summed E-state index contributed by atoms with van der Waals surface area (Å²) in [6.45, 7) is 5.57. The van der Waals surface area contributed by atoms with Crippen LogP contribution in [0.2, 0.25) is 0 Å². The first-order chi connectivity index (χ1) is 10.7. The Kier molecular flexibility index (Phi) is 4.22. The fourth-order valence-corrected chi connectivity index (χ4v) is 2.90. The van der Waals surface area contributed by atoms with E-state index in [-0.39, 0.29) is 5.91 Å². The summed E-state index contributed by atoms with van der Waals surface area (Å²) in [5, 5.41) is 11.0.